The van der Waals surface area contributed by atoms with Gasteiger partial charge in [0.25, 0.3) is 0 Å². The van der Waals surface area contributed by atoms with Gasteiger partial charge in [0.05, 0.1) is 5.25 Å². The van der Waals surface area contributed by atoms with Crippen LogP contribution in [-0.2, 0) is 0 Å². The Labute approximate surface area is 106 Å². The van der Waals surface area contributed by atoms with Gasteiger partial charge in [0.15, 0.2) is 0 Å². The van der Waals surface area contributed by atoms with Crippen LogP contribution in [0.2, 0.25) is 0 Å². The van der Waals surface area contributed by atoms with Gasteiger partial charge in [-0.05, 0) is 29.7 Å². The molecule has 3 rings (SSSR count). The highest BCUT2D eigenvalue weighted by Crippen LogP contribution is 2.43. The molecule has 2 aromatic rings. The molecule has 0 N–H and O–H groups in total. The van der Waals surface area contributed by atoms with Crippen LogP contribution in [0.3, 0.4) is 0 Å². The second kappa shape index (κ2) is 4.42. The van der Waals surface area contributed by atoms with E-state index < -0.39 is 0 Å². The van der Waals surface area contributed by atoms with Crippen molar-refractivity contribution in [2.24, 2.45) is 0 Å². The average Bonchev–Trinajstić information content (AvgIpc) is 2.39. The normalized spacial score (nSPS) is 17.8. The van der Waals surface area contributed by atoms with Crippen molar-refractivity contribution in [1.82, 2.24) is 0 Å². The summed E-state index contributed by atoms with van der Waals surface area (Å²) in [6, 6.07) is 17.2. The van der Waals surface area contributed by atoms with Gasteiger partial charge in [-0.15, -0.1) is 11.8 Å². The molecule has 0 fully saturated rings. The van der Waals surface area contributed by atoms with Crippen molar-refractivity contribution in [3.8, 4) is 0 Å². The molecule has 0 aliphatic carbocycles. The first-order chi connectivity index (χ1) is 8.34. The van der Waals surface area contributed by atoms with E-state index in [-0.39, 0.29) is 0 Å². The van der Waals surface area contributed by atoms with Crippen LogP contribution in [0.5, 0.6) is 0 Å². The Morgan fingerprint density at radius 2 is 1.71 bits per heavy atom. The molecule has 0 spiro atoms. The summed E-state index contributed by atoms with van der Waals surface area (Å²) >= 11 is 1.94. The lowest BCUT2D eigenvalue weighted by Crippen LogP contribution is -1.97. The second-order valence-electron chi connectivity index (χ2n) is 4.29. The third kappa shape index (κ3) is 2.03. The Balaban J connectivity index is 1.98. The van der Waals surface area contributed by atoms with E-state index >= 15 is 0 Å². The molecule has 0 radical (unpaired) electrons. The van der Waals surface area contributed by atoms with Crippen LogP contribution in [-0.4, -0.2) is 0 Å². The molecule has 1 heteroatoms. The number of aryl methyl sites for hydroxylation is 1. The average molecular weight is 238 g/mol. The minimum absolute atomic E-state index is 0.450. The molecule has 0 bridgehead atoms. The maximum Gasteiger partial charge on any atom is 0.0530 e. The summed E-state index contributed by atoms with van der Waals surface area (Å²) in [4.78, 5) is 1.38. The predicted octanol–water partition coefficient (Wildman–Crippen LogP) is 4.86. The zero-order valence-corrected chi connectivity index (χ0v) is 10.6. The Morgan fingerprint density at radius 3 is 2.59 bits per heavy atom. The molecule has 1 heterocycles. The van der Waals surface area contributed by atoms with Crippen LogP contribution < -0.4 is 0 Å². The summed E-state index contributed by atoms with van der Waals surface area (Å²) < 4.78 is 0. The lowest BCUT2D eigenvalue weighted by molar-refractivity contribution is 1.17. The van der Waals surface area contributed by atoms with Crippen LogP contribution in [0, 0.1) is 6.92 Å². The highest BCUT2D eigenvalue weighted by atomic mass is 32.2. The van der Waals surface area contributed by atoms with Crippen LogP contribution >= 0.6 is 11.8 Å². The number of hydrogen-bond acceptors (Lipinski definition) is 1. The Hall–Kier alpha value is -1.47. The lowest BCUT2D eigenvalue weighted by Gasteiger charge is -2.20. The van der Waals surface area contributed by atoms with Crippen molar-refractivity contribution < 1.29 is 0 Å². The smallest absolute Gasteiger partial charge is 0.0530 e. The number of thioether (sulfide) groups is 1. The molecule has 84 valence electrons. The Bertz CT molecular complexity index is 569. The third-order valence-electron chi connectivity index (χ3n) is 3.12. The molecule has 1 atom stereocenters. The van der Waals surface area contributed by atoms with Crippen LogP contribution in [0.4, 0.5) is 0 Å². The number of hydrogen-bond donors (Lipinski definition) is 0. The van der Waals surface area contributed by atoms with Gasteiger partial charge in [-0.2, -0.15) is 0 Å². The molecule has 0 saturated heterocycles. The minimum atomic E-state index is 0.450. The van der Waals surface area contributed by atoms with E-state index in [2.05, 4.69) is 67.6 Å². The fourth-order valence-electron chi connectivity index (χ4n) is 2.17. The third-order valence-corrected chi connectivity index (χ3v) is 4.41. The van der Waals surface area contributed by atoms with Crippen LogP contribution in [0.1, 0.15) is 21.9 Å². The largest absolute Gasteiger partial charge is 0.113 e. The van der Waals surface area contributed by atoms with Crippen molar-refractivity contribution in [1.29, 1.82) is 0 Å². The maximum atomic E-state index is 2.30. The van der Waals surface area contributed by atoms with Crippen molar-refractivity contribution in [2.75, 3.05) is 0 Å². The molecular weight excluding hydrogens is 224 g/mol. The van der Waals surface area contributed by atoms with Gasteiger partial charge < -0.3 is 0 Å². The second-order valence-corrected chi connectivity index (χ2v) is 5.48. The van der Waals surface area contributed by atoms with Crippen LogP contribution in [0.15, 0.2) is 59.5 Å². The van der Waals surface area contributed by atoms with Crippen LogP contribution in [0.25, 0.3) is 6.08 Å². The van der Waals surface area contributed by atoms with E-state index in [1.165, 1.54) is 21.6 Å². The summed E-state index contributed by atoms with van der Waals surface area (Å²) in [6.45, 7) is 2.18. The summed E-state index contributed by atoms with van der Waals surface area (Å²) in [5.41, 5.74) is 4.12. The fourth-order valence-corrected chi connectivity index (χ4v) is 3.42. The highest BCUT2D eigenvalue weighted by Gasteiger charge is 2.16. The lowest BCUT2D eigenvalue weighted by atomic mass is 10.0. The monoisotopic (exact) mass is 238 g/mol. The van der Waals surface area contributed by atoms with E-state index in [4.69, 9.17) is 0 Å². The quantitative estimate of drug-likeness (QED) is 0.684. The standard InChI is InChI=1S/C16H14S/c1-12-6-2-4-8-14(12)16-11-10-13-7-3-5-9-15(13)17-16/h2-11,16H,1H3/t16-/m1/s1. The van der Waals surface area contributed by atoms with Gasteiger partial charge in [0.2, 0.25) is 0 Å². The van der Waals surface area contributed by atoms with Gasteiger partial charge in [0.1, 0.15) is 0 Å². The SMILES string of the molecule is Cc1ccccc1[C@H]1C=Cc2ccccc2S1. The van der Waals surface area contributed by atoms with Gasteiger partial charge in [0, 0.05) is 4.90 Å². The molecule has 2 aromatic carbocycles. The van der Waals surface area contributed by atoms with E-state index in [0.717, 1.165) is 0 Å². The summed E-state index contributed by atoms with van der Waals surface area (Å²) in [5.74, 6) is 0. The topological polar surface area (TPSA) is 0 Å². The molecule has 1 aliphatic heterocycles. The van der Waals surface area contributed by atoms with Gasteiger partial charge in [-0.25, -0.2) is 0 Å². The van der Waals surface area contributed by atoms with Crippen molar-refractivity contribution in [3.05, 3.63) is 71.3 Å². The van der Waals surface area contributed by atoms with Crippen molar-refractivity contribution >= 4 is 17.8 Å². The maximum absolute atomic E-state index is 2.30. The first-order valence-corrected chi connectivity index (χ1v) is 6.72. The van der Waals surface area contributed by atoms with E-state index in [9.17, 15) is 0 Å². The molecule has 0 amide bonds. The van der Waals surface area contributed by atoms with E-state index in [1.54, 1.807) is 0 Å². The molecule has 0 saturated carbocycles. The zero-order chi connectivity index (χ0) is 11.7. The van der Waals surface area contributed by atoms with Crippen molar-refractivity contribution in [2.45, 2.75) is 17.1 Å². The summed E-state index contributed by atoms with van der Waals surface area (Å²) in [6.07, 6.45) is 4.54. The Kier molecular flexibility index (Phi) is 2.77. The first kappa shape index (κ1) is 10.7. The number of rotatable bonds is 1. The highest BCUT2D eigenvalue weighted by molar-refractivity contribution is 7.99. The molecule has 1 aliphatic rings. The molecule has 0 nitrogen and oxygen atoms in total. The molecule has 17 heavy (non-hydrogen) atoms. The summed E-state index contributed by atoms with van der Waals surface area (Å²) in [5, 5.41) is 0.450. The molecule has 0 unspecified atom stereocenters. The summed E-state index contributed by atoms with van der Waals surface area (Å²) in [7, 11) is 0. The van der Waals surface area contributed by atoms with Gasteiger partial charge in [-0.3, -0.25) is 0 Å². The Morgan fingerprint density at radius 1 is 0.941 bits per heavy atom. The molecule has 0 aromatic heterocycles. The van der Waals surface area contributed by atoms with Gasteiger partial charge >= 0.3 is 0 Å². The van der Waals surface area contributed by atoms with Crippen molar-refractivity contribution in [3.63, 3.8) is 0 Å². The van der Waals surface area contributed by atoms with Gasteiger partial charge in [-0.1, -0.05) is 54.6 Å². The minimum Gasteiger partial charge on any atom is -0.113 e. The fraction of sp³-hybridized carbons (Fsp3) is 0.125. The first-order valence-electron chi connectivity index (χ1n) is 5.84. The number of benzene rings is 2. The zero-order valence-electron chi connectivity index (χ0n) is 9.76. The van der Waals surface area contributed by atoms with E-state index in [1.807, 2.05) is 11.8 Å². The number of fused-ring (bicyclic) bond motifs is 1. The molecular formula is C16H14S. The predicted molar refractivity (Wildman–Crippen MR) is 75.3 cm³/mol. The van der Waals surface area contributed by atoms with E-state index in [0.29, 0.717) is 5.25 Å².